The Morgan fingerprint density at radius 1 is 1.09 bits per heavy atom. The number of urea groups is 1. The lowest BCUT2D eigenvalue weighted by molar-refractivity contribution is 0.256. The van der Waals surface area contributed by atoms with Crippen molar-refractivity contribution in [2.45, 2.75) is 11.8 Å². The molecular weight excluding hydrogens is 349 g/mol. The Kier molecular flexibility index (Phi) is 4.90. The van der Waals surface area contributed by atoms with Crippen molar-refractivity contribution < 1.29 is 13.2 Å². The van der Waals surface area contributed by atoms with Gasteiger partial charge in [-0.2, -0.15) is 0 Å². The number of halogens is 2. The van der Waals surface area contributed by atoms with Gasteiger partial charge in [0.2, 0.25) is 0 Å². The molecule has 6 nitrogen and oxygen atoms in total. The van der Waals surface area contributed by atoms with E-state index in [9.17, 15) is 13.2 Å². The van der Waals surface area contributed by atoms with E-state index >= 15 is 0 Å². The highest BCUT2D eigenvalue weighted by Gasteiger charge is 2.18. The molecule has 2 aromatic rings. The van der Waals surface area contributed by atoms with E-state index in [1.807, 2.05) is 11.6 Å². The quantitative estimate of drug-likeness (QED) is 0.823. The summed E-state index contributed by atoms with van der Waals surface area (Å²) in [6, 6.07) is 7.95. The minimum absolute atomic E-state index is 0.0198. The van der Waals surface area contributed by atoms with Crippen LogP contribution in [0, 0.1) is 6.92 Å². The zero-order chi connectivity index (χ0) is 16.3. The third kappa shape index (κ3) is 4.09. The molecule has 1 aromatic heterocycles. The van der Waals surface area contributed by atoms with Crippen molar-refractivity contribution in [1.29, 1.82) is 0 Å². The van der Waals surface area contributed by atoms with Gasteiger partial charge in [0.25, 0.3) is 10.0 Å². The number of nitrogens with one attached hydrogen (secondary N) is 2. The van der Waals surface area contributed by atoms with Crippen LogP contribution in [0.2, 0.25) is 10.3 Å². The maximum absolute atomic E-state index is 12.0. The van der Waals surface area contributed by atoms with Gasteiger partial charge >= 0.3 is 6.03 Å². The van der Waals surface area contributed by atoms with Gasteiger partial charge in [-0.25, -0.2) is 22.9 Å². The molecule has 2 rings (SSSR count). The van der Waals surface area contributed by atoms with Gasteiger partial charge in [-0.15, -0.1) is 0 Å². The second-order valence-corrected chi connectivity index (χ2v) is 6.77. The molecule has 2 N–H and O–H groups in total. The summed E-state index contributed by atoms with van der Waals surface area (Å²) >= 11 is 11.4. The molecule has 0 saturated heterocycles. The fourth-order valence-corrected chi connectivity index (χ4v) is 2.85. The number of aryl methyl sites for hydroxylation is 1. The summed E-state index contributed by atoms with van der Waals surface area (Å²) in [5, 5.41) is 2.40. The van der Waals surface area contributed by atoms with E-state index in [0.29, 0.717) is 0 Å². The Morgan fingerprint density at radius 2 is 1.73 bits per heavy atom. The number of anilines is 1. The minimum atomic E-state index is -3.97. The van der Waals surface area contributed by atoms with Gasteiger partial charge in [0.05, 0.1) is 10.6 Å². The van der Waals surface area contributed by atoms with E-state index in [2.05, 4.69) is 10.3 Å². The summed E-state index contributed by atoms with van der Waals surface area (Å²) in [4.78, 5) is 15.5. The fourth-order valence-electron chi connectivity index (χ4n) is 1.55. The van der Waals surface area contributed by atoms with Crippen molar-refractivity contribution in [3.05, 3.63) is 52.3 Å². The van der Waals surface area contributed by atoms with E-state index in [1.54, 1.807) is 12.1 Å². The summed E-state index contributed by atoms with van der Waals surface area (Å²) < 4.78 is 26.0. The summed E-state index contributed by atoms with van der Waals surface area (Å²) in [5.41, 5.74) is 1.05. The summed E-state index contributed by atoms with van der Waals surface area (Å²) in [6.07, 6.45) is 0. The molecule has 0 aliphatic rings. The molecule has 0 radical (unpaired) electrons. The maximum atomic E-state index is 12.0. The first-order valence-electron chi connectivity index (χ1n) is 6.00. The van der Waals surface area contributed by atoms with E-state index in [4.69, 9.17) is 23.2 Å². The predicted octanol–water partition coefficient (Wildman–Crippen LogP) is 3.21. The highest BCUT2D eigenvalue weighted by atomic mass is 35.5. The summed E-state index contributed by atoms with van der Waals surface area (Å²) in [6.45, 7) is 1.83. The molecule has 0 atom stereocenters. The van der Waals surface area contributed by atoms with Crippen molar-refractivity contribution in [3.63, 3.8) is 0 Å². The summed E-state index contributed by atoms with van der Waals surface area (Å²) in [7, 11) is -3.97. The van der Waals surface area contributed by atoms with Crippen LogP contribution in [-0.2, 0) is 10.0 Å². The Hall–Kier alpha value is -1.83. The van der Waals surface area contributed by atoms with Gasteiger partial charge in [0.15, 0.2) is 5.15 Å². The SMILES string of the molecule is Cc1ccc(S(=O)(=O)NC(=O)Nc2ccc(Cl)nc2Cl)cc1. The first-order chi connectivity index (χ1) is 10.3. The molecule has 0 saturated carbocycles. The molecular formula is C13H11Cl2N3O3S. The average molecular weight is 360 g/mol. The number of pyridine rings is 1. The van der Waals surface area contributed by atoms with Crippen molar-refractivity contribution in [1.82, 2.24) is 9.71 Å². The standard InChI is InChI=1S/C13H11Cl2N3O3S/c1-8-2-4-9(5-3-8)22(20,21)18-13(19)16-10-6-7-11(14)17-12(10)15/h2-7H,1H3,(H2,16,18,19). The van der Waals surface area contributed by atoms with Crippen LogP contribution in [0.1, 0.15) is 5.56 Å². The van der Waals surface area contributed by atoms with E-state index < -0.39 is 16.1 Å². The van der Waals surface area contributed by atoms with Gasteiger partial charge in [-0.05, 0) is 31.2 Å². The first kappa shape index (κ1) is 16.5. The van der Waals surface area contributed by atoms with Crippen LogP contribution in [0.15, 0.2) is 41.3 Å². The Balaban J connectivity index is 2.12. The molecule has 1 aromatic carbocycles. The lowest BCUT2D eigenvalue weighted by atomic mass is 10.2. The molecule has 22 heavy (non-hydrogen) atoms. The van der Waals surface area contributed by atoms with Crippen molar-refractivity contribution in [2.24, 2.45) is 0 Å². The number of hydrogen-bond donors (Lipinski definition) is 2. The first-order valence-corrected chi connectivity index (χ1v) is 8.24. The number of benzene rings is 1. The van der Waals surface area contributed by atoms with Crippen LogP contribution in [0.5, 0.6) is 0 Å². The van der Waals surface area contributed by atoms with Crippen LogP contribution < -0.4 is 10.0 Å². The molecule has 116 valence electrons. The third-order valence-electron chi connectivity index (χ3n) is 2.62. The van der Waals surface area contributed by atoms with E-state index in [0.717, 1.165) is 5.56 Å². The van der Waals surface area contributed by atoms with E-state index in [-0.39, 0.29) is 20.9 Å². The van der Waals surface area contributed by atoms with Gasteiger partial charge in [-0.1, -0.05) is 40.9 Å². The van der Waals surface area contributed by atoms with Crippen molar-refractivity contribution >= 4 is 44.9 Å². The Labute approximate surface area is 137 Å². The molecule has 0 bridgehead atoms. The van der Waals surface area contributed by atoms with Crippen LogP contribution in [-0.4, -0.2) is 19.4 Å². The molecule has 0 aliphatic heterocycles. The number of hydrogen-bond acceptors (Lipinski definition) is 4. The highest BCUT2D eigenvalue weighted by Crippen LogP contribution is 2.21. The zero-order valence-corrected chi connectivity index (χ0v) is 13.6. The number of rotatable bonds is 3. The smallest absolute Gasteiger partial charge is 0.304 e. The van der Waals surface area contributed by atoms with Crippen LogP contribution in [0.4, 0.5) is 10.5 Å². The largest absolute Gasteiger partial charge is 0.333 e. The molecule has 0 aliphatic carbocycles. The second-order valence-electron chi connectivity index (χ2n) is 4.35. The molecule has 0 spiro atoms. The van der Waals surface area contributed by atoms with Crippen molar-refractivity contribution in [2.75, 3.05) is 5.32 Å². The molecule has 0 unspecified atom stereocenters. The number of sulfonamides is 1. The zero-order valence-electron chi connectivity index (χ0n) is 11.3. The molecule has 9 heteroatoms. The second kappa shape index (κ2) is 6.51. The van der Waals surface area contributed by atoms with Crippen molar-refractivity contribution in [3.8, 4) is 0 Å². The van der Waals surface area contributed by atoms with E-state index in [1.165, 1.54) is 24.3 Å². The van der Waals surface area contributed by atoms with Gasteiger partial charge in [0.1, 0.15) is 5.15 Å². The molecule has 0 fully saturated rings. The number of aromatic nitrogens is 1. The topological polar surface area (TPSA) is 88.2 Å². The Bertz CT molecular complexity index is 808. The maximum Gasteiger partial charge on any atom is 0.333 e. The highest BCUT2D eigenvalue weighted by molar-refractivity contribution is 7.90. The van der Waals surface area contributed by atoms with Gasteiger partial charge in [-0.3, -0.25) is 0 Å². The number of amides is 2. The number of carbonyl (C=O) groups is 1. The Morgan fingerprint density at radius 3 is 2.32 bits per heavy atom. The van der Waals surface area contributed by atoms with Crippen LogP contribution in [0.25, 0.3) is 0 Å². The normalized spacial score (nSPS) is 11.0. The molecule has 1 heterocycles. The van der Waals surface area contributed by atoms with Crippen LogP contribution >= 0.6 is 23.2 Å². The monoisotopic (exact) mass is 359 g/mol. The molecule has 2 amide bonds. The van der Waals surface area contributed by atoms with Gasteiger partial charge < -0.3 is 5.32 Å². The summed E-state index contributed by atoms with van der Waals surface area (Å²) in [5.74, 6) is 0. The predicted molar refractivity (Wildman–Crippen MR) is 84.8 cm³/mol. The number of nitrogens with zero attached hydrogens (tertiary/aromatic N) is 1. The number of carbonyl (C=O) groups excluding carboxylic acids is 1. The fraction of sp³-hybridized carbons (Fsp3) is 0.0769. The average Bonchev–Trinajstić information content (AvgIpc) is 2.42. The van der Waals surface area contributed by atoms with Crippen LogP contribution in [0.3, 0.4) is 0 Å². The lowest BCUT2D eigenvalue weighted by Gasteiger charge is -2.09. The third-order valence-corrected chi connectivity index (χ3v) is 4.47. The van der Waals surface area contributed by atoms with Gasteiger partial charge in [0, 0.05) is 0 Å². The lowest BCUT2D eigenvalue weighted by Crippen LogP contribution is -2.34. The minimum Gasteiger partial charge on any atom is -0.304 e.